The van der Waals surface area contributed by atoms with Crippen LogP contribution in [-0.2, 0) is 16.1 Å². The first-order valence-electron chi connectivity index (χ1n) is 8.70. The largest absolute Gasteiger partial charge is 0.468 e. The van der Waals surface area contributed by atoms with E-state index in [1.807, 2.05) is 0 Å². The van der Waals surface area contributed by atoms with Crippen molar-refractivity contribution in [1.29, 1.82) is 0 Å². The molecule has 1 fully saturated rings. The Kier molecular flexibility index (Phi) is 5.99. The Morgan fingerprint density at radius 3 is 2.46 bits per heavy atom. The zero-order valence-electron chi connectivity index (χ0n) is 15.1. The minimum Gasteiger partial charge on any atom is -0.468 e. The highest BCUT2D eigenvalue weighted by Gasteiger charge is 2.38. The van der Waals surface area contributed by atoms with E-state index in [-0.39, 0.29) is 30.6 Å². The van der Waals surface area contributed by atoms with Gasteiger partial charge in [-0.2, -0.15) is 0 Å². The molecule has 8 heteroatoms. The van der Waals surface area contributed by atoms with Gasteiger partial charge in [0.1, 0.15) is 23.5 Å². The van der Waals surface area contributed by atoms with Gasteiger partial charge in [0.2, 0.25) is 0 Å². The summed E-state index contributed by atoms with van der Waals surface area (Å²) >= 11 is 0. The lowest BCUT2D eigenvalue weighted by Crippen LogP contribution is -2.38. The highest BCUT2D eigenvalue weighted by molar-refractivity contribution is 5.94. The van der Waals surface area contributed by atoms with Crippen LogP contribution in [-0.4, -0.2) is 42.5 Å². The summed E-state index contributed by atoms with van der Waals surface area (Å²) in [5.41, 5.74) is -0.0123. The number of amides is 1. The molecule has 148 valence electrons. The van der Waals surface area contributed by atoms with Crippen molar-refractivity contribution in [3.8, 4) is 0 Å². The Morgan fingerprint density at radius 2 is 1.82 bits per heavy atom. The Morgan fingerprint density at radius 1 is 1.14 bits per heavy atom. The number of hydrogen-bond donors (Lipinski definition) is 1. The van der Waals surface area contributed by atoms with Crippen LogP contribution >= 0.6 is 0 Å². The lowest BCUT2D eigenvalue weighted by Gasteiger charge is -2.22. The predicted molar refractivity (Wildman–Crippen MR) is 94.8 cm³/mol. The van der Waals surface area contributed by atoms with Crippen LogP contribution in [0.3, 0.4) is 0 Å². The Labute approximate surface area is 160 Å². The molecule has 0 unspecified atom stereocenters. The number of hydrogen-bond acceptors (Lipinski definition) is 4. The molecular formula is C20H19F3N2O3. The van der Waals surface area contributed by atoms with E-state index < -0.39 is 41.4 Å². The third-order valence-corrected chi connectivity index (χ3v) is 4.72. The van der Waals surface area contributed by atoms with Gasteiger partial charge in [-0.1, -0.05) is 12.1 Å². The van der Waals surface area contributed by atoms with E-state index in [0.717, 1.165) is 18.2 Å². The van der Waals surface area contributed by atoms with Gasteiger partial charge >= 0.3 is 5.97 Å². The smallest absolute Gasteiger partial charge is 0.323 e. The van der Waals surface area contributed by atoms with Crippen molar-refractivity contribution < 1.29 is 27.5 Å². The van der Waals surface area contributed by atoms with Crippen LogP contribution < -0.4 is 5.32 Å². The van der Waals surface area contributed by atoms with Crippen molar-refractivity contribution >= 4 is 11.9 Å². The summed E-state index contributed by atoms with van der Waals surface area (Å²) in [6.45, 7) is 0.0409. The third-order valence-electron chi connectivity index (χ3n) is 4.72. The van der Waals surface area contributed by atoms with Crippen LogP contribution in [0.2, 0.25) is 0 Å². The quantitative estimate of drug-likeness (QED) is 0.795. The second-order valence-corrected chi connectivity index (χ2v) is 6.59. The standard InChI is InChI=1S/C20H19F3N2O3/c1-28-20(27)18-9-14(24-19(26)12-4-2-5-13(21)8-12)10-25(18)11-15-16(22)6-3-7-17(15)23/h2-8,14,18H,9-11H2,1H3,(H,24,26)/t14-,18-/m0/s1. The second kappa shape index (κ2) is 8.43. The fourth-order valence-electron chi connectivity index (χ4n) is 3.35. The van der Waals surface area contributed by atoms with Gasteiger partial charge in [0.25, 0.3) is 5.91 Å². The second-order valence-electron chi connectivity index (χ2n) is 6.59. The molecule has 0 saturated carbocycles. The van der Waals surface area contributed by atoms with Gasteiger partial charge in [0, 0.05) is 30.3 Å². The molecule has 1 amide bonds. The number of ether oxygens (including phenoxy) is 1. The average molecular weight is 392 g/mol. The molecule has 2 aromatic carbocycles. The first-order valence-corrected chi connectivity index (χ1v) is 8.70. The molecule has 0 radical (unpaired) electrons. The monoisotopic (exact) mass is 392 g/mol. The van der Waals surface area contributed by atoms with E-state index in [2.05, 4.69) is 5.32 Å². The summed E-state index contributed by atoms with van der Waals surface area (Å²) in [6, 6.07) is 7.55. The number of rotatable bonds is 5. The molecule has 3 rings (SSSR count). The number of carbonyl (C=O) groups is 2. The summed E-state index contributed by atoms with van der Waals surface area (Å²) < 4.78 is 46.1. The third kappa shape index (κ3) is 4.33. The van der Waals surface area contributed by atoms with Crippen LogP contribution in [0.15, 0.2) is 42.5 Å². The van der Waals surface area contributed by atoms with Crippen LogP contribution in [0.4, 0.5) is 13.2 Å². The summed E-state index contributed by atoms with van der Waals surface area (Å²) in [6.07, 6.45) is 0.212. The molecule has 0 bridgehead atoms. The maximum atomic E-state index is 14.0. The first kappa shape index (κ1) is 19.9. The van der Waals surface area contributed by atoms with Gasteiger partial charge in [-0.25, -0.2) is 13.2 Å². The normalized spacial score (nSPS) is 19.4. The molecule has 0 spiro atoms. The predicted octanol–water partition coefficient (Wildman–Crippen LogP) is 2.65. The molecule has 2 atom stereocenters. The van der Waals surface area contributed by atoms with Crippen molar-refractivity contribution in [2.45, 2.75) is 25.0 Å². The van der Waals surface area contributed by atoms with Crippen LogP contribution in [0.5, 0.6) is 0 Å². The molecule has 1 heterocycles. The maximum Gasteiger partial charge on any atom is 0.323 e. The van der Waals surface area contributed by atoms with Gasteiger partial charge < -0.3 is 10.1 Å². The summed E-state index contributed by atoms with van der Waals surface area (Å²) in [5.74, 6) is -3.01. The van der Waals surface area contributed by atoms with E-state index in [0.29, 0.717) is 0 Å². The van der Waals surface area contributed by atoms with E-state index >= 15 is 0 Å². The Balaban J connectivity index is 1.75. The molecule has 1 N–H and O–H groups in total. The number of methoxy groups -OCH3 is 1. The van der Waals surface area contributed by atoms with E-state index in [1.165, 1.54) is 31.4 Å². The number of nitrogens with one attached hydrogen (secondary N) is 1. The van der Waals surface area contributed by atoms with Crippen molar-refractivity contribution in [3.63, 3.8) is 0 Å². The number of carbonyl (C=O) groups excluding carboxylic acids is 2. The van der Waals surface area contributed by atoms with Crippen molar-refractivity contribution in [3.05, 3.63) is 71.0 Å². The zero-order valence-corrected chi connectivity index (χ0v) is 15.1. The molecule has 1 aliphatic rings. The van der Waals surface area contributed by atoms with Gasteiger partial charge in [0.05, 0.1) is 7.11 Å². The molecule has 1 aliphatic heterocycles. The lowest BCUT2D eigenvalue weighted by molar-refractivity contribution is -0.146. The fraction of sp³-hybridized carbons (Fsp3) is 0.300. The van der Waals surface area contributed by atoms with Crippen LogP contribution in [0, 0.1) is 17.5 Å². The number of benzene rings is 2. The van der Waals surface area contributed by atoms with Gasteiger partial charge in [-0.05, 0) is 36.8 Å². The molecule has 5 nitrogen and oxygen atoms in total. The molecule has 1 saturated heterocycles. The topological polar surface area (TPSA) is 58.6 Å². The Bertz CT molecular complexity index is 870. The minimum absolute atomic E-state index is 0.146. The van der Waals surface area contributed by atoms with Crippen molar-refractivity contribution in [2.75, 3.05) is 13.7 Å². The van der Waals surface area contributed by atoms with E-state index in [1.54, 1.807) is 4.90 Å². The average Bonchev–Trinajstić information content (AvgIpc) is 3.06. The van der Waals surface area contributed by atoms with Crippen LogP contribution in [0.1, 0.15) is 22.3 Å². The number of esters is 1. The number of likely N-dealkylation sites (tertiary alicyclic amines) is 1. The summed E-state index contributed by atoms with van der Waals surface area (Å²) in [5, 5.41) is 2.73. The van der Waals surface area contributed by atoms with Crippen molar-refractivity contribution in [1.82, 2.24) is 10.2 Å². The SMILES string of the molecule is COC(=O)[C@@H]1C[C@H](NC(=O)c2cccc(F)c2)CN1Cc1c(F)cccc1F. The molecule has 0 aromatic heterocycles. The number of nitrogens with zero attached hydrogens (tertiary/aromatic N) is 1. The number of halogens is 3. The minimum atomic E-state index is -0.762. The summed E-state index contributed by atoms with van der Waals surface area (Å²) in [4.78, 5) is 26.0. The van der Waals surface area contributed by atoms with Gasteiger partial charge in [0.15, 0.2) is 0 Å². The Hall–Kier alpha value is -2.87. The first-order chi connectivity index (χ1) is 13.4. The summed E-state index contributed by atoms with van der Waals surface area (Å²) in [7, 11) is 1.23. The van der Waals surface area contributed by atoms with E-state index in [4.69, 9.17) is 4.74 Å². The highest BCUT2D eigenvalue weighted by atomic mass is 19.1. The fourth-order valence-corrected chi connectivity index (χ4v) is 3.35. The lowest BCUT2D eigenvalue weighted by atomic mass is 10.1. The molecular weight excluding hydrogens is 373 g/mol. The van der Waals surface area contributed by atoms with Crippen molar-refractivity contribution in [2.24, 2.45) is 0 Å². The highest BCUT2D eigenvalue weighted by Crippen LogP contribution is 2.24. The van der Waals surface area contributed by atoms with E-state index in [9.17, 15) is 22.8 Å². The zero-order chi connectivity index (χ0) is 20.3. The maximum absolute atomic E-state index is 14.0. The van der Waals surface area contributed by atoms with Gasteiger partial charge in [-0.3, -0.25) is 14.5 Å². The molecule has 0 aliphatic carbocycles. The molecule has 2 aromatic rings. The van der Waals surface area contributed by atoms with Crippen LogP contribution in [0.25, 0.3) is 0 Å². The van der Waals surface area contributed by atoms with Gasteiger partial charge in [-0.15, -0.1) is 0 Å². The molecule has 28 heavy (non-hydrogen) atoms.